The summed E-state index contributed by atoms with van der Waals surface area (Å²) >= 11 is 0. The third kappa shape index (κ3) is 4.45. The van der Waals surface area contributed by atoms with E-state index in [1.165, 1.54) is 20.8 Å². The second-order valence-electron chi connectivity index (χ2n) is 4.65. The molecule has 0 saturated carbocycles. The van der Waals surface area contributed by atoms with Gasteiger partial charge in [-0.2, -0.15) is 0 Å². The molecule has 1 fully saturated rings. The minimum absolute atomic E-state index is 0.162. The number of hydrogen-bond acceptors (Lipinski definition) is 6. The van der Waals surface area contributed by atoms with Crippen LogP contribution < -0.4 is 0 Å². The number of carbonyl (C=O) groups is 1. The molecule has 0 bridgehead atoms. The highest BCUT2D eigenvalue weighted by Crippen LogP contribution is 2.43. The fourth-order valence-corrected chi connectivity index (χ4v) is 2.57. The zero-order chi connectivity index (χ0) is 15.6. The van der Waals surface area contributed by atoms with Crippen molar-refractivity contribution in [3.63, 3.8) is 0 Å². The van der Waals surface area contributed by atoms with E-state index in [4.69, 9.17) is 24.8 Å². The van der Waals surface area contributed by atoms with Crippen LogP contribution in [0.25, 0.3) is 10.4 Å². The highest BCUT2D eigenvalue weighted by molar-refractivity contribution is 7.46. The maximum atomic E-state index is 11.1. The Hall–Kier alpha value is -1.15. The third-order valence-corrected chi connectivity index (χ3v) is 3.32. The molecule has 10 nitrogen and oxygen atoms in total. The van der Waals surface area contributed by atoms with Gasteiger partial charge >= 0.3 is 13.8 Å². The third-order valence-electron chi connectivity index (χ3n) is 2.81. The number of phosphoric acid groups is 1. The fraction of sp³-hybridized carbons (Fsp3) is 0.889. The molecule has 114 valence electrons. The predicted octanol–water partition coefficient (Wildman–Crippen LogP) is 1.23. The summed E-state index contributed by atoms with van der Waals surface area (Å²) in [5.41, 5.74) is 7.39. The molecule has 4 atom stereocenters. The molecule has 0 amide bonds. The van der Waals surface area contributed by atoms with Crippen molar-refractivity contribution < 1.29 is 33.1 Å². The van der Waals surface area contributed by atoms with Gasteiger partial charge in [-0.1, -0.05) is 12.0 Å². The van der Waals surface area contributed by atoms with E-state index in [9.17, 15) is 9.36 Å². The minimum atomic E-state index is -4.75. The zero-order valence-corrected chi connectivity index (χ0v) is 12.1. The van der Waals surface area contributed by atoms with Crippen molar-refractivity contribution in [2.75, 3.05) is 0 Å². The van der Waals surface area contributed by atoms with Crippen LogP contribution in [0.2, 0.25) is 0 Å². The van der Waals surface area contributed by atoms with E-state index in [1.54, 1.807) is 0 Å². The first-order valence-corrected chi connectivity index (χ1v) is 7.23. The van der Waals surface area contributed by atoms with Crippen molar-refractivity contribution in [3.8, 4) is 0 Å². The number of ether oxygens (including phenoxy) is 2. The fourth-order valence-electron chi connectivity index (χ4n) is 2.13. The van der Waals surface area contributed by atoms with Crippen LogP contribution in [0.15, 0.2) is 5.11 Å². The van der Waals surface area contributed by atoms with Crippen LogP contribution in [0.1, 0.15) is 27.2 Å². The monoisotopic (exact) mass is 309 g/mol. The van der Waals surface area contributed by atoms with Crippen LogP contribution in [0, 0.1) is 0 Å². The first-order valence-electron chi connectivity index (χ1n) is 5.70. The van der Waals surface area contributed by atoms with E-state index >= 15 is 0 Å². The molecule has 2 N–H and O–H groups in total. The van der Waals surface area contributed by atoms with Gasteiger partial charge in [0.05, 0.1) is 11.6 Å². The Bertz CT molecular complexity index is 474. The van der Waals surface area contributed by atoms with Crippen LogP contribution >= 0.6 is 7.82 Å². The van der Waals surface area contributed by atoms with Crippen LogP contribution in [0.4, 0.5) is 0 Å². The molecule has 0 aromatic heterocycles. The van der Waals surface area contributed by atoms with Gasteiger partial charge < -0.3 is 19.3 Å². The molecule has 0 aromatic carbocycles. The molecule has 0 unspecified atom stereocenters. The standard InChI is InChI=1S/C9H16N3O7P/c1-5-8(18-6(2)13)9(3,11-12-10)4-7(17-5)19-20(14,15)16/h5,7-8H,4H2,1-3H3,(H2,14,15,16)/t5-,7-,8+,9-/m0/s1. The smallest absolute Gasteiger partial charge is 0.459 e. The molecule has 0 spiro atoms. The van der Waals surface area contributed by atoms with Crippen molar-refractivity contribution in [2.45, 2.75) is 51.2 Å². The number of carbonyl (C=O) groups excluding carboxylic acids is 1. The lowest BCUT2D eigenvalue weighted by molar-refractivity contribution is -0.220. The van der Waals surface area contributed by atoms with Gasteiger partial charge in [0.25, 0.3) is 0 Å². The second-order valence-corrected chi connectivity index (χ2v) is 5.84. The molecular formula is C9H16N3O7P. The Morgan fingerprint density at radius 2 is 2.20 bits per heavy atom. The quantitative estimate of drug-likeness (QED) is 0.260. The van der Waals surface area contributed by atoms with Crippen LogP contribution in [-0.4, -0.2) is 39.8 Å². The predicted molar refractivity (Wildman–Crippen MR) is 65.2 cm³/mol. The zero-order valence-electron chi connectivity index (χ0n) is 11.2. The lowest BCUT2D eigenvalue weighted by Gasteiger charge is -2.43. The summed E-state index contributed by atoms with van der Waals surface area (Å²) in [6.45, 7) is 4.21. The summed E-state index contributed by atoms with van der Waals surface area (Å²) in [6.07, 6.45) is -3.08. The van der Waals surface area contributed by atoms with E-state index in [0.29, 0.717) is 0 Å². The Labute approximate surface area is 114 Å². The Kier molecular flexibility index (Phi) is 5.15. The highest BCUT2D eigenvalue weighted by Gasteiger charge is 2.48. The summed E-state index contributed by atoms with van der Waals surface area (Å²) in [7, 11) is -4.75. The normalized spacial score (nSPS) is 34.1. The maximum Gasteiger partial charge on any atom is 0.471 e. The van der Waals surface area contributed by atoms with E-state index in [1.807, 2.05) is 0 Å². The van der Waals surface area contributed by atoms with Crippen LogP contribution in [0.3, 0.4) is 0 Å². The molecule has 0 radical (unpaired) electrons. The van der Waals surface area contributed by atoms with Crippen LogP contribution in [-0.2, 0) is 23.4 Å². The number of nitrogens with zero attached hydrogens (tertiary/aromatic N) is 3. The van der Waals surface area contributed by atoms with Gasteiger partial charge in [0, 0.05) is 18.3 Å². The van der Waals surface area contributed by atoms with E-state index in [0.717, 1.165) is 0 Å². The van der Waals surface area contributed by atoms with Gasteiger partial charge in [0.15, 0.2) is 6.29 Å². The average molecular weight is 309 g/mol. The lowest BCUT2D eigenvalue weighted by Crippen LogP contribution is -2.55. The van der Waals surface area contributed by atoms with Crippen molar-refractivity contribution in [2.24, 2.45) is 5.11 Å². The summed E-state index contributed by atoms with van der Waals surface area (Å²) in [5.74, 6) is -0.584. The molecule has 11 heteroatoms. The maximum absolute atomic E-state index is 11.1. The molecule has 1 heterocycles. The van der Waals surface area contributed by atoms with E-state index < -0.39 is 37.8 Å². The highest BCUT2D eigenvalue weighted by atomic mass is 31.2. The van der Waals surface area contributed by atoms with Crippen molar-refractivity contribution >= 4 is 13.8 Å². The molecular weight excluding hydrogens is 293 g/mol. The van der Waals surface area contributed by atoms with Gasteiger partial charge in [-0.15, -0.1) is 0 Å². The van der Waals surface area contributed by atoms with Gasteiger partial charge in [-0.05, 0) is 12.5 Å². The van der Waals surface area contributed by atoms with Crippen LogP contribution in [0.5, 0.6) is 0 Å². The number of rotatable bonds is 4. The van der Waals surface area contributed by atoms with Gasteiger partial charge in [0.1, 0.15) is 6.10 Å². The minimum Gasteiger partial charge on any atom is -0.459 e. The van der Waals surface area contributed by atoms with E-state index in [2.05, 4.69) is 14.5 Å². The van der Waals surface area contributed by atoms with Gasteiger partial charge in [0.2, 0.25) is 0 Å². The Balaban J connectivity index is 3.00. The van der Waals surface area contributed by atoms with Gasteiger partial charge in [-0.3, -0.25) is 9.32 Å². The molecule has 1 aliphatic heterocycles. The summed E-state index contributed by atoms with van der Waals surface area (Å²) in [6, 6.07) is 0. The molecule has 0 aromatic rings. The molecule has 1 rings (SSSR count). The SMILES string of the molecule is CC(=O)O[C@@H]1[C@H](C)O[C@@H](OP(=O)(O)O)C[C@]1(C)N=[N+]=[N-]. The molecule has 20 heavy (non-hydrogen) atoms. The average Bonchev–Trinajstić information content (AvgIpc) is 2.21. The number of phosphoric ester groups is 1. The number of hydrogen-bond donors (Lipinski definition) is 2. The molecule has 1 saturated heterocycles. The largest absolute Gasteiger partial charge is 0.471 e. The molecule has 1 aliphatic rings. The Morgan fingerprint density at radius 3 is 2.65 bits per heavy atom. The first kappa shape index (κ1) is 16.9. The van der Waals surface area contributed by atoms with E-state index in [-0.39, 0.29) is 6.42 Å². The number of azide groups is 1. The lowest BCUT2D eigenvalue weighted by atomic mass is 9.86. The van der Waals surface area contributed by atoms with Crippen molar-refractivity contribution in [1.82, 2.24) is 0 Å². The number of esters is 1. The van der Waals surface area contributed by atoms with Crippen molar-refractivity contribution in [3.05, 3.63) is 10.4 Å². The molecule has 0 aliphatic carbocycles. The Morgan fingerprint density at radius 1 is 1.60 bits per heavy atom. The summed E-state index contributed by atoms with van der Waals surface area (Å²) in [4.78, 5) is 31.3. The van der Waals surface area contributed by atoms with Crippen molar-refractivity contribution in [1.29, 1.82) is 0 Å². The second kappa shape index (κ2) is 6.09. The van der Waals surface area contributed by atoms with Gasteiger partial charge in [-0.25, -0.2) is 4.57 Å². The first-order chi connectivity index (χ1) is 9.07. The summed E-state index contributed by atoms with van der Waals surface area (Å²) in [5, 5.41) is 3.57. The topological polar surface area (TPSA) is 151 Å². The summed E-state index contributed by atoms with van der Waals surface area (Å²) < 4.78 is 25.6.